The first-order valence-electron chi connectivity index (χ1n) is 6.62. The number of likely N-dealkylation sites (N-methyl/N-ethyl adjacent to an activating group) is 1. The lowest BCUT2D eigenvalue weighted by Gasteiger charge is -2.16. The van der Waals surface area contributed by atoms with E-state index in [4.69, 9.17) is 12.2 Å². The Hall–Kier alpha value is -2.46. The summed E-state index contributed by atoms with van der Waals surface area (Å²) in [6.45, 7) is 0. The van der Waals surface area contributed by atoms with Gasteiger partial charge in [0.2, 0.25) is 0 Å². The average molecular weight is 294 g/mol. The highest BCUT2D eigenvalue weighted by molar-refractivity contribution is 7.80. The second-order valence-corrected chi connectivity index (χ2v) is 5.12. The molecule has 0 N–H and O–H groups in total. The van der Waals surface area contributed by atoms with Crippen molar-refractivity contribution in [2.24, 2.45) is 0 Å². The van der Waals surface area contributed by atoms with E-state index in [9.17, 15) is 4.79 Å². The number of amides is 1. The third-order valence-electron chi connectivity index (χ3n) is 3.38. The molecule has 4 heteroatoms. The number of carbonyl (C=O) groups excluding carboxylic acids is 1. The van der Waals surface area contributed by atoms with Gasteiger partial charge in [0.05, 0.1) is 5.69 Å². The standard InChI is InChI=1S/C17H14N2OS/c1-18-15(12-13-8-4-2-5-9-13)16(20)19(17(18)21)14-10-6-3-7-11-14/h2-12H,1H3/b15-12-. The third kappa shape index (κ3) is 2.45. The lowest BCUT2D eigenvalue weighted by molar-refractivity contribution is -0.114. The molecule has 1 amide bonds. The Kier molecular flexibility index (Phi) is 3.54. The van der Waals surface area contributed by atoms with Gasteiger partial charge < -0.3 is 4.90 Å². The summed E-state index contributed by atoms with van der Waals surface area (Å²) in [5.41, 5.74) is 2.34. The molecule has 1 fully saturated rings. The molecule has 0 saturated carbocycles. The molecule has 1 aliphatic rings. The van der Waals surface area contributed by atoms with Crippen LogP contribution in [0.15, 0.2) is 66.4 Å². The van der Waals surface area contributed by atoms with Gasteiger partial charge in [0.1, 0.15) is 5.70 Å². The summed E-state index contributed by atoms with van der Waals surface area (Å²) in [6.07, 6.45) is 1.86. The van der Waals surface area contributed by atoms with E-state index >= 15 is 0 Å². The molecule has 3 nitrogen and oxygen atoms in total. The number of nitrogens with zero attached hydrogens (tertiary/aromatic N) is 2. The Morgan fingerprint density at radius 1 is 0.952 bits per heavy atom. The third-order valence-corrected chi connectivity index (χ3v) is 3.84. The number of hydrogen-bond donors (Lipinski definition) is 0. The first-order valence-corrected chi connectivity index (χ1v) is 7.03. The molecule has 0 unspecified atom stereocenters. The molecule has 104 valence electrons. The van der Waals surface area contributed by atoms with Gasteiger partial charge in [-0.15, -0.1) is 0 Å². The molecule has 0 atom stereocenters. The van der Waals surface area contributed by atoms with Crippen molar-refractivity contribution in [1.82, 2.24) is 4.90 Å². The number of thiocarbonyl (C=S) groups is 1. The van der Waals surface area contributed by atoms with Crippen LogP contribution in [0.1, 0.15) is 5.56 Å². The number of rotatable bonds is 2. The molecule has 1 heterocycles. The van der Waals surface area contributed by atoms with Gasteiger partial charge in [-0.25, -0.2) is 0 Å². The molecule has 21 heavy (non-hydrogen) atoms. The SMILES string of the molecule is CN1C(=S)N(c2ccccc2)C(=O)/C1=C/c1ccccc1. The second-order valence-electron chi connectivity index (χ2n) is 4.76. The summed E-state index contributed by atoms with van der Waals surface area (Å²) in [4.78, 5) is 16.0. The zero-order chi connectivity index (χ0) is 14.8. The van der Waals surface area contributed by atoms with Crippen molar-refractivity contribution in [3.05, 3.63) is 71.9 Å². The summed E-state index contributed by atoms with van der Waals surface area (Å²) in [5, 5.41) is 0.494. The van der Waals surface area contributed by atoms with Crippen LogP contribution < -0.4 is 4.90 Å². The fourth-order valence-corrected chi connectivity index (χ4v) is 2.56. The fraction of sp³-hybridized carbons (Fsp3) is 0.0588. The molecule has 0 aromatic heterocycles. The first-order chi connectivity index (χ1) is 10.2. The first kappa shape index (κ1) is 13.5. The van der Waals surface area contributed by atoms with Gasteiger partial charge in [-0.1, -0.05) is 48.5 Å². The van der Waals surface area contributed by atoms with Crippen molar-refractivity contribution in [3.63, 3.8) is 0 Å². The van der Waals surface area contributed by atoms with E-state index in [-0.39, 0.29) is 5.91 Å². The fourth-order valence-electron chi connectivity index (χ4n) is 2.27. The summed E-state index contributed by atoms with van der Waals surface area (Å²) < 4.78 is 0. The molecule has 1 saturated heterocycles. The highest BCUT2D eigenvalue weighted by atomic mass is 32.1. The van der Waals surface area contributed by atoms with Gasteiger partial charge in [-0.2, -0.15) is 0 Å². The molecule has 0 aliphatic carbocycles. The maximum absolute atomic E-state index is 12.7. The highest BCUT2D eigenvalue weighted by Crippen LogP contribution is 2.27. The van der Waals surface area contributed by atoms with Crippen LogP contribution in [-0.2, 0) is 4.79 Å². The highest BCUT2D eigenvalue weighted by Gasteiger charge is 2.36. The Morgan fingerprint density at radius 3 is 2.14 bits per heavy atom. The topological polar surface area (TPSA) is 23.6 Å². The zero-order valence-electron chi connectivity index (χ0n) is 11.6. The molecule has 1 aliphatic heterocycles. The van der Waals surface area contributed by atoms with Crippen molar-refractivity contribution in [3.8, 4) is 0 Å². The van der Waals surface area contributed by atoms with Crippen LogP contribution in [0, 0.1) is 0 Å². The molecular formula is C17H14N2OS. The summed E-state index contributed by atoms with van der Waals surface area (Å²) >= 11 is 5.41. The van der Waals surface area contributed by atoms with E-state index in [1.165, 1.54) is 0 Å². The van der Waals surface area contributed by atoms with Crippen molar-refractivity contribution in [2.45, 2.75) is 0 Å². The lowest BCUT2D eigenvalue weighted by Crippen LogP contribution is -2.30. The Bertz CT molecular complexity index is 710. The van der Waals surface area contributed by atoms with Crippen LogP contribution in [0.4, 0.5) is 5.69 Å². The van der Waals surface area contributed by atoms with E-state index in [0.717, 1.165) is 11.3 Å². The second kappa shape index (κ2) is 5.50. The van der Waals surface area contributed by atoms with Crippen LogP contribution in [0.25, 0.3) is 6.08 Å². The van der Waals surface area contributed by atoms with Gasteiger partial charge in [-0.3, -0.25) is 9.69 Å². The number of anilines is 1. The monoisotopic (exact) mass is 294 g/mol. The number of carbonyl (C=O) groups is 1. The quantitative estimate of drug-likeness (QED) is 0.627. The van der Waals surface area contributed by atoms with E-state index in [2.05, 4.69) is 0 Å². The molecule has 0 bridgehead atoms. The largest absolute Gasteiger partial charge is 0.317 e. The summed E-state index contributed by atoms with van der Waals surface area (Å²) in [5.74, 6) is -0.0995. The van der Waals surface area contributed by atoms with E-state index in [0.29, 0.717) is 10.8 Å². The maximum Gasteiger partial charge on any atom is 0.281 e. The minimum atomic E-state index is -0.0995. The number of para-hydroxylation sites is 1. The van der Waals surface area contributed by atoms with Gasteiger partial charge in [0, 0.05) is 7.05 Å². The molecule has 2 aromatic carbocycles. The summed E-state index contributed by atoms with van der Waals surface area (Å²) in [6, 6.07) is 19.2. The van der Waals surface area contributed by atoms with Gasteiger partial charge in [0.25, 0.3) is 5.91 Å². The normalized spacial score (nSPS) is 16.9. The Labute approximate surface area is 129 Å². The van der Waals surface area contributed by atoms with Gasteiger partial charge in [-0.05, 0) is 36.0 Å². The maximum atomic E-state index is 12.7. The zero-order valence-corrected chi connectivity index (χ0v) is 12.4. The van der Waals surface area contributed by atoms with Crippen molar-refractivity contribution in [2.75, 3.05) is 11.9 Å². The average Bonchev–Trinajstić information content (AvgIpc) is 2.73. The van der Waals surface area contributed by atoms with Crippen molar-refractivity contribution in [1.29, 1.82) is 0 Å². The molecule has 0 spiro atoms. The van der Waals surface area contributed by atoms with Crippen LogP contribution in [0.5, 0.6) is 0 Å². The van der Waals surface area contributed by atoms with Crippen molar-refractivity contribution >= 4 is 35.0 Å². The molecule has 0 radical (unpaired) electrons. The van der Waals surface area contributed by atoms with E-state index in [1.807, 2.05) is 73.8 Å². The van der Waals surface area contributed by atoms with Crippen LogP contribution in [0.3, 0.4) is 0 Å². The molecule has 2 aromatic rings. The smallest absolute Gasteiger partial charge is 0.281 e. The van der Waals surface area contributed by atoms with E-state index < -0.39 is 0 Å². The predicted molar refractivity (Wildman–Crippen MR) is 88.7 cm³/mol. The van der Waals surface area contributed by atoms with E-state index in [1.54, 1.807) is 9.80 Å². The lowest BCUT2D eigenvalue weighted by atomic mass is 10.2. The predicted octanol–water partition coefficient (Wildman–Crippen LogP) is 3.29. The Balaban J connectivity index is 2.00. The van der Waals surface area contributed by atoms with Gasteiger partial charge >= 0.3 is 0 Å². The van der Waals surface area contributed by atoms with Crippen LogP contribution in [0.2, 0.25) is 0 Å². The summed E-state index contributed by atoms with van der Waals surface area (Å²) in [7, 11) is 1.82. The van der Waals surface area contributed by atoms with Crippen molar-refractivity contribution < 1.29 is 4.79 Å². The minimum absolute atomic E-state index is 0.0995. The van der Waals surface area contributed by atoms with Crippen LogP contribution in [-0.4, -0.2) is 23.0 Å². The van der Waals surface area contributed by atoms with Gasteiger partial charge in [0.15, 0.2) is 5.11 Å². The minimum Gasteiger partial charge on any atom is -0.317 e. The number of benzene rings is 2. The number of hydrogen-bond acceptors (Lipinski definition) is 2. The molecule has 3 rings (SSSR count). The molecular weight excluding hydrogens is 280 g/mol. The van der Waals surface area contributed by atoms with Crippen LogP contribution >= 0.6 is 12.2 Å². The Morgan fingerprint density at radius 2 is 1.52 bits per heavy atom.